The molecule has 2 fully saturated rings. The first kappa shape index (κ1) is 10.9. The molecule has 1 aromatic carbocycles. The Morgan fingerprint density at radius 2 is 2.12 bits per heavy atom. The van der Waals surface area contributed by atoms with Gasteiger partial charge in [0.1, 0.15) is 11.9 Å². The first-order valence-electron chi connectivity index (χ1n) is 6.43. The van der Waals surface area contributed by atoms with E-state index in [0.29, 0.717) is 0 Å². The van der Waals surface area contributed by atoms with E-state index in [-0.39, 0.29) is 11.7 Å². The van der Waals surface area contributed by atoms with Gasteiger partial charge in [0.15, 0.2) is 0 Å². The maximum absolute atomic E-state index is 6.01. The van der Waals surface area contributed by atoms with E-state index in [1.807, 2.05) is 24.3 Å². The molecule has 3 rings (SSSR count). The molecule has 1 aromatic rings. The zero-order chi connectivity index (χ0) is 11.7. The van der Waals surface area contributed by atoms with Crippen LogP contribution in [0.2, 0.25) is 0 Å². The Balaban J connectivity index is 1.67. The lowest BCUT2D eigenvalue weighted by Crippen LogP contribution is -2.48. The summed E-state index contributed by atoms with van der Waals surface area (Å²) in [5.74, 6) is 0.814. The summed E-state index contributed by atoms with van der Waals surface area (Å²) in [6.45, 7) is 0.817. The number of hydrogen-bond donors (Lipinski definition) is 1. The van der Waals surface area contributed by atoms with Crippen LogP contribution in [0.3, 0.4) is 0 Å². The lowest BCUT2D eigenvalue weighted by Gasteiger charge is -2.46. The zero-order valence-electron chi connectivity index (χ0n) is 10.0. The van der Waals surface area contributed by atoms with Crippen LogP contribution in [-0.4, -0.2) is 18.3 Å². The Kier molecular flexibility index (Phi) is 2.71. The summed E-state index contributed by atoms with van der Waals surface area (Å²) in [6, 6.07) is 7.72. The minimum Gasteiger partial charge on any atom is -0.488 e. The average Bonchev–Trinajstić information content (AvgIpc) is 2.31. The van der Waals surface area contributed by atoms with Gasteiger partial charge in [0.05, 0.1) is 17.9 Å². The van der Waals surface area contributed by atoms with Gasteiger partial charge >= 0.3 is 0 Å². The van der Waals surface area contributed by atoms with Crippen LogP contribution in [0.4, 0.5) is 5.69 Å². The minimum absolute atomic E-state index is 0.131. The lowest BCUT2D eigenvalue weighted by molar-refractivity contribution is -0.153. The molecule has 3 heteroatoms. The van der Waals surface area contributed by atoms with Gasteiger partial charge in [-0.1, -0.05) is 12.1 Å². The van der Waals surface area contributed by atoms with E-state index in [0.717, 1.165) is 30.9 Å². The lowest BCUT2D eigenvalue weighted by atomic mass is 9.74. The van der Waals surface area contributed by atoms with Crippen LogP contribution in [0.5, 0.6) is 5.75 Å². The molecule has 1 aliphatic carbocycles. The third kappa shape index (κ3) is 2.12. The molecule has 0 aromatic heterocycles. The van der Waals surface area contributed by atoms with Crippen molar-refractivity contribution < 1.29 is 9.47 Å². The van der Waals surface area contributed by atoms with Crippen LogP contribution in [0.1, 0.15) is 32.1 Å². The highest BCUT2D eigenvalue weighted by Gasteiger charge is 2.43. The second kappa shape index (κ2) is 4.22. The number of hydrogen-bond acceptors (Lipinski definition) is 3. The van der Waals surface area contributed by atoms with E-state index in [4.69, 9.17) is 15.2 Å². The molecule has 1 heterocycles. The molecule has 0 bridgehead atoms. The van der Waals surface area contributed by atoms with Crippen LogP contribution >= 0.6 is 0 Å². The predicted molar refractivity (Wildman–Crippen MR) is 67.0 cm³/mol. The van der Waals surface area contributed by atoms with E-state index in [9.17, 15) is 0 Å². The number of rotatable bonds is 2. The maximum Gasteiger partial charge on any atom is 0.142 e. The van der Waals surface area contributed by atoms with E-state index in [1.165, 1.54) is 19.3 Å². The molecule has 1 atom stereocenters. The summed E-state index contributed by atoms with van der Waals surface area (Å²) in [6.07, 6.45) is 5.92. The Hall–Kier alpha value is -1.22. The van der Waals surface area contributed by atoms with Crippen molar-refractivity contribution in [3.8, 4) is 5.75 Å². The average molecular weight is 233 g/mol. The fourth-order valence-corrected chi connectivity index (χ4v) is 2.77. The van der Waals surface area contributed by atoms with Crippen molar-refractivity contribution in [2.75, 3.05) is 12.3 Å². The zero-order valence-corrected chi connectivity index (χ0v) is 10.0. The van der Waals surface area contributed by atoms with E-state index < -0.39 is 0 Å². The van der Waals surface area contributed by atoms with Gasteiger partial charge in [0, 0.05) is 12.8 Å². The van der Waals surface area contributed by atoms with Gasteiger partial charge in [0.2, 0.25) is 0 Å². The summed E-state index contributed by atoms with van der Waals surface area (Å²) in [5.41, 5.74) is 6.75. The van der Waals surface area contributed by atoms with Gasteiger partial charge in [-0.25, -0.2) is 0 Å². The van der Waals surface area contributed by atoms with Gasteiger partial charge in [-0.05, 0) is 31.4 Å². The van der Waals surface area contributed by atoms with E-state index >= 15 is 0 Å². The summed E-state index contributed by atoms with van der Waals surface area (Å²) in [4.78, 5) is 0. The van der Waals surface area contributed by atoms with Gasteiger partial charge in [-0.2, -0.15) is 0 Å². The first-order chi connectivity index (χ1) is 8.27. The third-order valence-electron chi connectivity index (χ3n) is 3.93. The standard InChI is InChI=1S/C14H19NO2/c15-12-4-1-2-5-13(12)17-11-6-9-16-14(10-11)7-3-8-14/h1-2,4-5,11H,3,6-10,15H2. The number of nitrogens with two attached hydrogens (primary N) is 1. The Labute approximate surface area is 102 Å². The fourth-order valence-electron chi connectivity index (χ4n) is 2.77. The highest BCUT2D eigenvalue weighted by molar-refractivity contribution is 5.51. The molecule has 92 valence electrons. The molecule has 0 amide bonds. The molecule has 1 aliphatic heterocycles. The van der Waals surface area contributed by atoms with Crippen LogP contribution in [-0.2, 0) is 4.74 Å². The van der Waals surface area contributed by atoms with Gasteiger partial charge in [-0.3, -0.25) is 0 Å². The topological polar surface area (TPSA) is 44.5 Å². The molecule has 3 nitrogen and oxygen atoms in total. The number of benzene rings is 1. The normalized spacial score (nSPS) is 26.5. The fraction of sp³-hybridized carbons (Fsp3) is 0.571. The number of ether oxygens (including phenoxy) is 2. The molecule has 1 spiro atoms. The van der Waals surface area contributed by atoms with Gasteiger partial charge < -0.3 is 15.2 Å². The van der Waals surface area contributed by atoms with E-state index in [2.05, 4.69) is 0 Å². The van der Waals surface area contributed by atoms with E-state index in [1.54, 1.807) is 0 Å². The van der Waals surface area contributed by atoms with Crippen molar-refractivity contribution in [1.29, 1.82) is 0 Å². The van der Waals surface area contributed by atoms with Crippen LogP contribution in [0.15, 0.2) is 24.3 Å². The molecule has 1 unspecified atom stereocenters. The summed E-state index contributed by atoms with van der Waals surface area (Å²) in [5, 5.41) is 0. The van der Waals surface area contributed by atoms with Crippen molar-refractivity contribution in [3.05, 3.63) is 24.3 Å². The Morgan fingerprint density at radius 3 is 2.82 bits per heavy atom. The second-order valence-corrected chi connectivity index (χ2v) is 5.16. The van der Waals surface area contributed by atoms with Crippen LogP contribution in [0.25, 0.3) is 0 Å². The summed E-state index contributed by atoms with van der Waals surface area (Å²) >= 11 is 0. The second-order valence-electron chi connectivity index (χ2n) is 5.16. The highest BCUT2D eigenvalue weighted by Crippen LogP contribution is 2.43. The molecule has 2 aliphatic rings. The first-order valence-corrected chi connectivity index (χ1v) is 6.43. The van der Waals surface area contributed by atoms with Crippen molar-refractivity contribution in [3.63, 3.8) is 0 Å². The van der Waals surface area contributed by atoms with Crippen molar-refractivity contribution in [2.24, 2.45) is 0 Å². The highest BCUT2D eigenvalue weighted by atomic mass is 16.5. The predicted octanol–water partition coefficient (Wildman–Crippen LogP) is 2.75. The van der Waals surface area contributed by atoms with Crippen LogP contribution in [0, 0.1) is 0 Å². The Morgan fingerprint density at radius 1 is 1.29 bits per heavy atom. The molecule has 1 saturated carbocycles. The quantitative estimate of drug-likeness (QED) is 0.799. The van der Waals surface area contributed by atoms with Gasteiger partial charge in [0.25, 0.3) is 0 Å². The van der Waals surface area contributed by atoms with Crippen LogP contribution < -0.4 is 10.5 Å². The third-order valence-corrected chi connectivity index (χ3v) is 3.93. The monoisotopic (exact) mass is 233 g/mol. The molecule has 2 N–H and O–H groups in total. The Bertz CT molecular complexity index is 401. The maximum atomic E-state index is 6.01. The molecular weight excluding hydrogens is 214 g/mol. The SMILES string of the molecule is Nc1ccccc1OC1CCOC2(CCC2)C1. The summed E-state index contributed by atoms with van der Waals surface area (Å²) in [7, 11) is 0. The minimum atomic E-state index is 0.131. The number of para-hydroxylation sites is 2. The molecule has 17 heavy (non-hydrogen) atoms. The smallest absolute Gasteiger partial charge is 0.142 e. The van der Waals surface area contributed by atoms with Crippen molar-refractivity contribution in [2.45, 2.75) is 43.8 Å². The number of nitrogen functional groups attached to an aromatic ring is 1. The molecule has 1 saturated heterocycles. The van der Waals surface area contributed by atoms with Crippen molar-refractivity contribution in [1.82, 2.24) is 0 Å². The molecule has 0 radical (unpaired) electrons. The van der Waals surface area contributed by atoms with Crippen molar-refractivity contribution >= 4 is 5.69 Å². The molecular formula is C14H19NO2. The summed E-state index contributed by atoms with van der Waals surface area (Å²) < 4.78 is 11.9. The number of anilines is 1. The van der Waals surface area contributed by atoms with Gasteiger partial charge in [-0.15, -0.1) is 0 Å². The largest absolute Gasteiger partial charge is 0.488 e.